The number of methoxy groups -OCH3 is 1. The minimum atomic E-state index is -0.153. The van der Waals surface area contributed by atoms with Gasteiger partial charge in [-0.2, -0.15) is 0 Å². The number of esters is 1. The molecule has 0 unspecified atom stereocenters. The summed E-state index contributed by atoms with van der Waals surface area (Å²) in [5, 5.41) is 1.02. The molecular formula is C17H20ClNO3S. The largest absolute Gasteiger partial charge is 0.469 e. The van der Waals surface area contributed by atoms with Gasteiger partial charge in [0.25, 0.3) is 0 Å². The van der Waals surface area contributed by atoms with Crippen molar-refractivity contribution >= 4 is 40.4 Å². The van der Waals surface area contributed by atoms with E-state index in [0.29, 0.717) is 16.2 Å². The molecule has 2 aromatic rings. The number of rotatable bonds is 3. The lowest BCUT2D eigenvalue weighted by Crippen LogP contribution is -2.33. The van der Waals surface area contributed by atoms with Crippen LogP contribution in [0.25, 0.3) is 11.1 Å². The van der Waals surface area contributed by atoms with Crippen LogP contribution in [0.3, 0.4) is 0 Å². The molecule has 0 bridgehead atoms. The minimum Gasteiger partial charge on any atom is -0.469 e. The maximum absolute atomic E-state index is 11.5. The van der Waals surface area contributed by atoms with Crippen LogP contribution in [-0.2, 0) is 14.9 Å². The molecule has 0 atom stereocenters. The summed E-state index contributed by atoms with van der Waals surface area (Å²) in [6.07, 6.45) is 1.62. The number of carbonyl (C=O) groups excluding carboxylic acids is 1. The zero-order valence-corrected chi connectivity index (χ0v) is 15.3. The maximum atomic E-state index is 11.5. The van der Waals surface area contributed by atoms with Gasteiger partial charge in [0, 0.05) is 10.7 Å². The van der Waals surface area contributed by atoms with Gasteiger partial charge in [0.2, 0.25) is 5.89 Å². The molecule has 1 aliphatic carbocycles. The molecule has 1 aromatic heterocycles. The second-order valence-corrected chi connectivity index (χ2v) is 8.64. The number of fused-ring (bicyclic) bond motifs is 1. The predicted molar refractivity (Wildman–Crippen MR) is 92.1 cm³/mol. The third-order valence-corrected chi connectivity index (χ3v) is 5.81. The Labute approximate surface area is 144 Å². The third-order valence-electron chi connectivity index (χ3n) is 4.02. The quantitative estimate of drug-likeness (QED) is 0.740. The van der Waals surface area contributed by atoms with E-state index in [1.807, 2.05) is 12.1 Å². The Morgan fingerprint density at radius 1 is 1.39 bits per heavy atom. The van der Waals surface area contributed by atoms with Crippen molar-refractivity contribution in [1.82, 2.24) is 4.98 Å². The van der Waals surface area contributed by atoms with E-state index in [0.717, 1.165) is 28.8 Å². The number of carbonyl (C=O) groups is 1. The molecule has 1 aromatic carbocycles. The number of nitrogens with zero attached hydrogens (tertiary/aromatic N) is 1. The van der Waals surface area contributed by atoms with E-state index in [-0.39, 0.29) is 17.3 Å². The zero-order valence-electron chi connectivity index (χ0n) is 13.7. The number of ether oxygens (including phenoxy) is 1. The summed E-state index contributed by atoms with van der Waals surface area (Å²) >= 11 is 8.05. The standard InChI is InChI=1S/C17H20ClNO3S/c1-17(2,3)16-19-12-6-5-11(18)14(13(12)22-16)23-10-7-9(8-10)15(20)21-4/h5-6,9-10H,7-8H2,1-4H3. The molecule has 0 amide bonds. The normalized spacial score (nSPS) is 21.3. The highest BCUT2D eigenvalue weighted by Crippen LogP contribution is 2.46. The lowest BCUT2D eigenvalue weighted by molar-refractivity contribution is -0.148. The predicted octanol–water partition coefficient (Wildman–Crippen LogP) is 4.82. The van der Waals surface area contributed by atoms with Crippen LogP contribution in [0.5, 0.6) is 0 Å². The minimum absolute atomic E-state index is 0.00957. The van der Waals surface area contributed by atoms with Crippen LogP contribution < -0.4 is 0 Å². The number of halogens is 1. The van der Waals surface area contributed by atoms with Crippen LogP contribution in [0.1, 0.15) is 39.5 Å². The number of benzene rings is 1. The summed E-state index contributed by atoms with van der Waals surface area (Å²) in [5.74, 6) is 0.592. The third kappa shape index (κ3) is 3.22. The number of hydrogen-bond donors (Lipinski definition) is 0. The summed E-state index contributed by atoms with van der Waals surface area (Å²) in [5.41, 5.74) is 1.42. The molecule has 0 saturated heterocycles. The number of oxazole rings is 1. The van der Waals surface area contributed by atoms with E-state index in [2.05, 4.69) is 25.8 Å². The summed E-state index contributed by atoms with van der Waals surface area (Å²) in [6, 6.07) is 3.75. The Hall–Kier alpha value is -1.20. The Kier molecular flexibility index (Phi) is 4.36. The van der Waals surface area contributed by atoms with Gasteiger partial charge >= 0.3 is 5.97 Å². The van der Waals surface area contributed by atoms with E-state index < -0.39 is 0 Å². The first-order chi connectivity index (χ1) is 10.8. The second-order valence-electron chi connectivity index (χ2n) is 6.93. The van der Waals surface area contributed by atoms with E-state index in [4.69, 9.17) is 20.8 Å². The van der Waals surface area contributed by atoms with Gasteiger partial charge in [-0.25, -0.2) is 4.98 Å². The van der Waals surface area contributed by atoms with Crippen LogP contribution in [0, 0.1) is 5.92 Å². The van der Waals surface area contributed by atoms with E-state index in [1.165, 1.54) is 7.11 Å². The fourth-order valence-corrected chi connectivity index (χ4v) is 4.27. The van der Waals surface area contributed by atoms with Gasteiger partial charge in [-0.1, -0.05) is 32.4 Å². The molecule has 3 rings (SSSR count). The highest BCUT2D eigenvalue weighted by atomic mass is 35.5. The van der Waals surface area contributed by atoms with E-state index >= 15 is 0 Å². The topological polar surface area (TPSA) is 52.3 Å². The van der Waals surface area contributed by atoms with Gasteiger partial charge in [0.05, 0.1) is 22.9 Å². The molecule has 1 aliphatic rings. The molecular weight excluding hydrogens is 334 g/mol. The average molecular weight is 354 g/mol. The van der Waals surface area contributed by atoms with Crippen LogP contribution in [0.15, 0.2) is 21.4 Å². The summed E-state index contributed by atoms with van der Waals surface area (Å²) in [7, 11) is 1.43. The van der Waals surface area contributed by atoms with Crippen molar-refractivity contribution in [3.8, 4) is 0 Å². The second kappa shape index (κ2) is 6.02. The van der Waals surface area contributed by atoms with Gasteiger partial charge < -0.3 is 9.15 Å². The van der Waals surface area contributed by atoms with Crippen molar-refractivity contribution in [2.75, 3.05) is 7.11 Å². The van der Waals surface area contributed by atoms with E-state index in [1.54, 1.807) is 11.8 Å². The van der Waals surface area contributed by atoms with E-state index in [9.17, 15) is 4.79 Å². The van der Waals surface area contributed by atoms with Crippen molar-refractivity contribution in [3.63, 3.8) is 0 Å². The van der Waals surface area contributed by atoms with Crippen molar-refractivity contribution in [2.24, 2.45) is 5.92 Å². The Balaban J connectivity index is 1.85. The van der Waals surface area contributed by atoms with Gasteiger partial charge in [-0.15, -0.1) is 11.8 Å². The molecule has 0 aliphatic heterocycles. The highest BCUT2D eigenvalue weighted by Gasteiger charge is 2.37. The van der Waals surface area contributed by atoms with Crippen molar-refractivity contribution < 1.29 is 13.9 Å². The van der Waals surface area contributed by atoms with Crippen molar-refractivity contribution in [1.29, 1.82) is 0 Å². The highest BCUT2D eigenvalue weighted by molar-refractivity contribution is 8.00. The SMILES string of the molecule is COC(=O)C1CC(Sc2c(Cl)ccc3nc(C(C)(C)C)oc23)C1. The monoisotopic (exact) mass is 353 g/mol. The molecule has 1 saturated carbocycles. The first kappa shape index (κ1) is 16.7. The van der Waals surface area contributed by atoms with Crippen LogP contribution in [0.2, 0.25) is 5.02 Å². The van der Waals surface area contributed by atoms with Gasteiger partial charge in [-0.05, 0) is 25.0 Å². The van der Waals surface area contributed by atoms with Gasteiger partial charge in [0.15, 0.2) is 5.58 Å². The molecule has 1 fully saturated rings. The lowest BCUT2D eigenvalue weighted by atomic mass is 9.85. The first-order valence-electron chi connectivity index (χ1n) is 7.63. The Morgan fingerprint density at radius 2 is 2.09 bits per heavy atom. The Bertz CT molecular complexity index is 744. The molecule has 23 heavy (non-hydrogen) atoms. The van der Waals surface area contributed by atoms with Crippen molar-refractivity contribution in [3.05, 3.63) is 23.0 Å². The average Bonchev–Trinajstić information content (AvgIpc) is 2.87. The van der Waals surface area contributed by atoms with Crippen LogP contribution in [-0.4, -0.2) is 23.3 Å². The maximum Gasteiger partial charge on any atom is 0.308 e. The van der Waals surface area contributed by atoms with Gasteiger partial charge in [0.1, 0.15) is 5.52 Å². The van der Waals surface area contributed by atoms with Crippen molar-refractivity contribution in [2.45, 2.75) is 49.2 Å². The molecule has 0 spiro atoms. The smallest absolute Gasteiger partial charge is 0.308 e. The number of aromatic nitrogens is 1. The molecule has 0 N–H and O–H groups in total. The fraction of sp³-hybridized carbons (Fsp3) is 0.529. The fourth-order valence-electron chi connectivity index (χ4n) is 2.56. The van der Waals surface area contributed by atoms with Crippen LogP contribution in [0.4, 0.5) is 0 Å². The first-order valence-corrected chi connectivity index (χ1v) is 8.89. The lowest BCUT2D eigenvalue weighted by Gasteiger charge is -2.32. The molecule has 1 heterocycles. The van der Waals surface area contributed by atoms with Crippen LogP contribution >= 0.6 is 23.4 Å². The summed E-state index contributed by atoms with van der Waals surface area (Å²) < 4.78 is 10.8. The summed E-state index contributed by atoms with van der Waals surface area (Å²) in [6.45, 7) is 6.21. The summed E-state index contributed by atoms with van der Waals surface area (Å²) in [4.78, 5) is 17.0. The Morgan fingerprint density at radius 3 is 2.70 bits per heavy atom. The number of thioether (sulfide) groups is 1. The molecule has 6 heteroatoms. The molecule has 4 nitrogen and oxygen atoms in total. The molecule has 124 valence electrons. The molecule has 0 radical (unpaired) electrons. The number of hydrogen-bond acceptors (Lipinski definition) is 5. The zero-order chi connectivity index (χ0) is 16.8. The van der Waals surface area contributed by atoms with Gasteiger partial charge in [-0.3, -0.25) is 4.79 Å².